The first-order chi connectivity index (χ1) is 13.5. The Labute approximate surface area is 172 Å². The van der Waals surface area contributed by atoms with Crippen LogP contribution in [-0.2, 0) is 11.2 Å². The van der Waals surface area contributed by atoms with Gasteiger partial charge in [-0.25, -0.2) is 4.79 Å². The molecule has 142 valence electrons. The minimum atomic E-state index is -1.06. The molecule has 28 heavy (non-hydrogen) atoms. The molecule has 0 atom stereocenters. The summed E-state index contributed by atoms with van der Waals surface area (Å²) in [5.74, 6) is -1.27. The highest BCUT2D eigenvalue weighted by Crippen LogP contribution is 2.37. The van der Waals surface area contributed by atoms with Crippen molar-refractivity contribution in [3.8, 4) is 10.4 Å². The molecular formula is C22H18ClNO3S. The van der Waals surface area contributed by atoms with E-state index in [2.05, 4.69) is 6.58 Å². The topological polar surface area (TPSA) is 57.6 Å². The van der Waals surface area contributed by atoms with Crippen LogP contribution in [0, 0.1) is 0 Å². The van der Waals surface area contributed by atoms with Crippen molar-refractivity contribution in [2.45, 2.75) is 6.42 Å². The number of carbonyl (C=O) groups is 2. The predicted molar refractivity (Wildman–Crippen MR) is 114 cm³/mol. The van der Waals surface area contributed by atoms with Crippen LogP contribution in [0.2, 0.25) is 5.02 Å². The first-order valence-electron chi connectivity index (χ1n) is 8.58. The van der Waals surface area contributed by atoms with Crippen LogP contribution in [0.1, 0.15) is 15.2 Å². The number of nitrogens with zero attached hydrogens (tertiary/aromatic N) is 1. The lowest BCUT2D eigenvalue weighted by molar-refractivity contribution is -0.117. The molecule has 2 aromatic carbocycles. The lowest BCUT2D eigenvalue weighted by Gasteiger charge is -2.21. The minimum Gasteiger partial charge on any atom is -0.477 e. The van der Waals surface area contributed by atoms with Gasteiger partial charge in [-0.05, 0) is 29.3 Å². The van der Waals surface area contributed by atoms with E-state index in [1.165, 1.54) is 4.90 Å². The maximum Gasteiger partial charge on any atom is 0.348 e. The van der Waals surface area contributed by atoms with E-state index in [9.17, 15) is 14.7 Å². The van der Waals surface area contributed by atoms with E-state index in [0.29, 0.717) is 10.7 Å². The number of anilines is 1. The van der Waals surface area contributed by atoms with E-state index in [1.54, 1.807) is 36.4 Å². The van der Waals surface area contributed by atoms with E-state index in [-0.39, 0.29) is 23.7 Å². The number of halogens is 1. The van der Waals surface area contributed by atoms with Gasteiger partial charge < -0.3 is 10.0 Å². The Hall–Kier alpha value is -2.89. The molecule has 0 unspecified atom stereocenters. The summed E-state index contributed by atoms with van der Waals surface area (Å²) in [6.45, 7) is 3.93. The Bertz CT molecular complexity index is 996. The normalized spacial score (nSPS) is 10.5. The molecule has 1 aromatic heterocycles. The third-order valence-electron chi connectivity index (χ3n) is 4.14. The monoisotopic (exact) mass is 411 g/mol. The first-order valence-corrected chi connectivity index (χ1v) is 9.77. The Kier molecular flexibility index (Phi) is 6.29. The van der Waals surface area contributed by atoms with E-state index in [4.69, 9.17) is 11.6 Å². The fraction of sp³-hybridized carbons (Fsp3) is 0.0909. The SMILES string of the molecule is C=CCN(C(=O)Cc1ccc(Cl)cc1)c1cc(-c2ccccc2)sc1C(=O)O. The zero-order valence-electron chi connectivity index (χ0n) is 15.0. The molecule has 0 aliphatic heterocycles. The van der Waals surface area contributed by atoms with E-state index < -0.39 is 5.97 Å². The van der Waals surface area contributed by atoms with Crippen LogP contribution >= 0.6 is 22.9 Å². The standard InChI is InChI=1S/C22H18ClNO3S/c1-2-12-24(20(25)13-15-8-10-17(23)11-9-15)18-14-19(28-21(18)22(26)27)16-6-4-3-5-7-16/h2-11,14H,1,12-13H2,(H,26,27). The molecule has 0 saturated heterocycles. The lowest BCUT2D eigenvalue weighted by atomic mass is 10.1. The molecule has 3 aromatic rings. The number of rotatable bonds is 7. The van der Waals surface area contributed by atoms with Crippen molar-refractivity contribution in [1.29, 1.82) is 0 Å². The Balaban J connectivity index is 1.97. The molecule has 6 heteroatoms. The number of amides is 1. The third-order valence-corrected chi connectivity index (χ3v) is 5.55. The van der Waals surface area contributed by atoms with Crippen LogP contribution in [0.25, 0.3) is 10.4 Å². The predicted octanol–water partition coefficient (Wildman–Crippen LogP) is 5.53. The van der Waals surface area contributed by atoms with Gasteiger partial charge >= 0.3 is 5.97 Å². The number of hydrogen-bond acceptors (Lipinski definition) is 3. The summed E-state index contributed by atoms with van der Waals surface area (Å²) in [6.07, 6.45) is 1.73. The highest BCUT2D eigenvalue weighted by molar-refractivity contribution is 7.18. The summed E-state index contributed by atoms with van der Waals surface area (Å²) in [4.78, 5) is 27.2. The molecule has 0 aliphatic carbocycles. The van der Waals surface area contributed by atoms with Gasteiger partial charge in [-0.1, -0.05) is 60.1 Å². The second kappa shape index (κ2) is 8.87. The number of aromatic carboxylic acids is 1. The summed E-state index contributed by atoms with van der Waals surface area (Å²) in [5.41, 5.74) is 2.10. The molecular weight excluding hydrogens is 394 g/mol. The highest BCUT2D eigenvalue weighted by atomic mass is 35.5. The van der Waals surface area contributed by atoms with Crippen molar-refractivity contribution < 1.29 is 14.7 Å². The van der Waals surface area contributed by atoms with E-state index in [0.717, 1.165) is 27.3 Å². The maximum atomic E-state index is 13.0. The molecule has 3 rings (SSSR count). The van der Waals surface area contributed by atoms with Crippen molar-refractivity contribution in [2.75, 3.05) is 11.4 Å². The second-order valence-corrected chi connectivity index (χ2v) is 7.58. The average Bonchev–Trinajstić information content (AvgIpc) is 3.14. The molecule has 4 nitrogen and oxygen atoms in total. The van der Waals surface area contributed by atoms with Crippen LogP contribution in [0.5, 0.6) is 0 Å². The fourth-order valence-corrected chi connectivity index (χ4v) is 3.95. The van der Waals surface area contributed by atoms with Crippen LogP contribution < -0.4 is 4.90 Å². The number of carboxylic acids is 1. The molecule has 1 heterocycles. The van der Waals surface area contributed by atoms with Crippen molar-refractivity contribution in [2.24, 2.45) is 0 Å². The third kappa shape index (κ3) is 4.50. The van der Waals surface area contributed by atoms with Gasteiger partial charge in [0.1, 0.15) is 4.88 Å². The molecule has 0 bridgehead atoms. The molecule has 0 radical (unpaired) electrons. The van der Waals surface area contributed by atoms with Crippen molar-refractivity contribution in [1.82, 2.24) is 0 Å². The van der Waals surface area contributed by atoms with Gasteiger partial charge in [0.25, 0.3) is 0 Å². The molecule has 1 amide bonds. The van der Waals surface area contributed by atoms with Gasteiger partial charge in [-0.2, -0.15) is 0 Å². The van der Waals surface area contributed by atoms with Crippen LogP contribution in [0.15, 0.2) is 73.3 Å². The van der Waals surface area contributed by atoms with Crippen molar-refractivity contribution in [3.63, 3.8) is 0 Å². The summed E-state index contributed by atoms with van der Waals surface area (Å²) < 4.78 is 0. The van der Waals surface area contributed by atoms with Gasteiger partial charge in [-0.15, -0.1) is 17.9 Å². The number of carbonyl (C=O) groups excluding carboxylic acids is 1. The largest absolute Gasteiger partial charge is 0.477 e. The number of thiophene rings is 1. The molecule has 0 saturated carbocycles. The smallest absolute Gasteiger partial charge is 0.348 e. The van der Waals surface area contributed by atoms with Crippen molar-refractivity contribution in [3.05, 3.63) is 88.8 Å². The van der Waals surface area contributed by atoms with Crippen LogP contribution in [0.3, 0.4) is 0 Å². The van der Waals surface area contributed by atoms with Crippen LogP contribution in [-0.4, -0.2) is 23.5 Å². The zero-order chi connectivity index (χ0) is 20.1. The Morgan fingerprint density at radius 3 is 2.39 bits per heavy atom. The highest BCUT2D eigenvalue weighted by Gasteiger charge is 2.24. The number of carboxylic acid groups (broad SMARTS) is 1. The zero-order valence-corrected chi connectivity index (χ0v) is 16.5. The Morgan fingerprint density at radius 1 is 1.11 bits per heavy atom. The number of hydrogen-bond donors (Lipinski definition) is 1. The van der Waals surface area contributed by atoms with Gasteiger partial charge in [0.05, 0.1) is 12.1 Å². The Morgan fingerprint density at radius 2 is 1.79 bits per heavy atom. The number of benzene rings is 2. The van der Waals surface area contributed by atoms with E-state index >= 15 is 0 Å². The summed E-state index contributed by atoms with van der Waals surface area (Å²) in [7, 11) is 0. The minimum absolute atomic E-state index is 0.130. The summed E-state index contributed by atoms with van der Waals surface area (Å²) in [6, 6.07) is 18.3. The summed E-state index contributed by atoms with van der Waals surface area (Å²) >= 11 is 7.06. The molecule has 0 spiro atoms. The average molecular weight is 412 g/mol. The van der Waals surface area contributed by atoms with Gasteiger partial charge in [0, 0.05) is 16.4 Å². The van der Waals surface area contributed by atoms with Crippen LogP contribution in [0.4, 0.5) is 5.69 Å². The quantitative estimate of drug-likeness (QED) is 0.520. The van der Waals surface area contributed by atoms with Gasteiger partial charge in [0.15, 0.2) is 0 Å². The second-order valence-electron chi connectivity index (χ2n) is 6.09. The molecule has 1 N–H and O–H groups in total. The fourth-order valence-electron chi connectivity index (χ4n) is 2.82. The molecule has 0 fully saturated rings. The maximum absolute atomic E-state index is 13.0. The lowest BCUT2D eigenvalue weighted by Crippen LogP contribution is -2.33. The molecule has 0 aliphatic rings. The van der Waals surface area contributed by atoms with Gasteiger partial charge in [0.2, 0.25) is 5.91 Å². The first kappa shape index (κ1) is 19.9. The van der Waals surface area contributed by atoms with Crippen molar-refractivity contribution >= 4 is 40.5 Å². The van der Waals surface area contributed by atoms with Gasteiger partial charge in [-0.3, -0.25) is 4.79 Å². The van der Waals surface area contributed by atoms with E-state index in [1.807, 2.05) is 30.3 Å². The summed E-state index contributed by atoms with van der Waals surface area (Å²) in [5, 5.41) is 10.3.